The van der Waals surface area contributed by atoms with Gasteiger partial charge in [0.05, 0.1) is 6.10 Å². The van der Waals surface area contributed by atoms with Crippen molar-refractivity contribution in [1.82, 2.24) is 14.7 Å². The fourth-order valence-electron chi connectivity index (χ4n) is 3.65. The Morgan fingerprint density at radius 2 is 1.96 bits per heavy atom. The summed E-state index contributed by atoms with van der Waals surface area (Å²) in [6.07, 6.45) is 3.45. The van der Waals surface area contributed by atoms with Crippen LogP contribution in [-0.2, 0) is 12.8 Å². The molecule has 1 N–H and O–H groups in total. The van der Waals surface area contributed by atoms with Crippen molar-refractivity contribution in [3.8, 4) is 5.69 Å². The van der Waals surface area contributed by atoms with E-state index in [2.05, 4.69) is 5.10 Å². The molecule has 126 valence electrons. The Labute approximate surface area is 139 Å². The molecule has 5 nitrogen and oxygen atoms in total. The van der Waals surface area contributed by atoms with Crippen LogP contribution in [0.5, 0.6) is 0 Å². The number of carbonyl (C=O) groups excluding carboxylic acids is 1. The molecular formula is C18H20FN3O2. The third kappa shape index (κ3) is 2.51. The fourth-order valence-corrected chi connectivity index (χ4v) is 3.65. The van der Waals surface area contributed by atoms with Crippen LogP contribution in [0.15, 0.2) is 24.3 Å². The maximum Gasteiger partial charge on any atom is 0.274 e. The Morgan fingerprint density at radius 3 is 2.71 bits per heavy atom. The van der Waals surface area contributed by atoms with E-state index in [1.54, 1.807) is 27.8 Å². The van der Waals surface area contributed by atoms with Crippen molar-refractivity contribution in [2.45, 2.75) is 38.2 Å². The van der Waals surface area contributed by atoms with Crippen molar-refractivity contribution in [3.63, 3.8) is 0 Å². The molecule has 0 unspecified atom stereocenters. The molecule has 1 saturated heterocycles. The number of amides is 1. The second kappa shape index (κ2) is 6.02. The van der Waals surface area contributed by atoms with E-state index in [4.69, 9.17) is 0 Å². The highest BCUT2D eigenvalue weighted by atomic mass is 19.1. The molecule has 2 aliphatic rings. The zero-order valence-electron chi connectivity index (χ0n) is 13.4. The molecule has 2 aromatic rings. The highest BCUT2D eigenvalue weighted by Gasteiger charge is 2.31. The number of hydrogen-bond donors (Lipinski definition) is 1. The van der Waals surface area contributed by atoms with Crippen LogP contribution in [0.4, 0.5) is 4.39 Å². The number of piperidine rings is 1. The zero-order valence-corrected chi connectivity index (χ0v) is 13.4. The van der Waals surface area contributed by atoms with Gasteiger partial charge in [-0.15, -0.1) is 0 Å². The van der Waals surface area contributed by atoms with E-state index in [0.29, 0.717) is 37.3 Å². The van der Waals surface area contributed by atoms with Gasteiger partial charge in [-0.1, -0.05) is 12.1 Å². The average Bonchev–Trinajstić information content (AvgIpc) is 3.18. The Bertz CT molecular complexity index is 779. The number of hydrogen-bond acceptors (Lipinski definition) is 3. The largest absolute Gasteiger partial charge is 0.393 e. The monoisotopic (exact) mass is 329 g/mol. The molecule has 4 rings (SSSR count). The van der Waals surface area contributed by atoms with Gasteiger partial charge in [0.15, 0.2) is 5.69 Å². The number of aliphatic hydroxyl groups is 1. The summed E-state index contributed by atoms with van der Waals surface area (Å²) in [5.74, 6) is -0.440. The van der Waals surface area contributed by atoms with Crippen molar-refractivity contribution in [3.05, 3.63) is 47.0 Å². The zero-order chi connectivity index (χ0) is 16.7. The van der Waals surface area contributed by atoms with Gasteiger partial charge in [-0.3, -0.25) is 4.79 Å². The molecule has 24 heavy (non-hydrogen) atoms. The summed E-state index contributed by atoms with van der Waals surface area (Å²) < 4.78 is 15.8. The van der Waals surface area contributed by atoms with Crippen LogP contribution in [0.3, 0.4) is 0 Å². The molecule has 0 atom stereocenters. The lowest BCUT2D eigenvalue weighted by molar-refractivity contribution is 0.0540. The maximum absolute atomic E-state index is 14.2. The molecule has 0 spiro atoms. The normalized spacial score (nSPS) is 18.0. The van der Waals surface area contributed by atoms with E-state index in [-0.39, 0.29) is 17.8 Å². The minimum atomic E-state index is -0.338. The topological polar surface area (TPSA) is 58.4 Å². The molecule has 6 heteroatoms. The number of nitrogens with zero attached hydrogens (tertiary/aromatic N) is 3. The summed E-state index contributed by atoms with van der Waals surface area (Å²) in [6.45, 7) is 1.09. The van der Waals surface area contributed by atoms with E-state index in [9.17, 15) is 14.3 Å². The van der Waals surface area contributed by atoms with Crippen molar-refractivity contribution >= 4 is 5.91 Å². The van der Waals surface area contributed by atoms with Crippen LogP contribution < -0.4 is 0 Å². The number of likely N-dealkylation sites (tertiary alicyclic amines) is 1. The lowest BCUT2D eigenvalue weighted by atomic mass is 10.1. The van der Waals surface area contributed by atoms with Crippen molar-refractivity contribution < 1.29 is 14.3 Å². The van der Waals surface area contributed by atoms with E-state index >= 15 is 0 Å². The number of aliphatic hydroxyl groups excluding tert-OH is 1. The molecule has 0 bridgehead atoms. The molecule has 1 aromatic carbocycles. The third-order valence-corrected chi connectivity index (χ3v) is 4.97. The van der Waals surface area contributed by atoms with Gasteiger partial charge in [-0.25, -0.2) is 9.07 Å². The Kier molecular flexibility index (Phi) is 3.84. The molecule has 1 fully saturated rings. The van der Waals surface area contributed by atoms with Crippen molar-refractivity contribution in [1.29, 1.82) is 0 Å². The van der Waals surface area contributed by atoms with Gasteiger partial charge in [0.1, 0.15) is 11.5 Å². The molecule has 1 amide bonds. The number of fused-ring (bicyclic) bond motifs is 1. The molecule has 0 radical (unpaired) electrons. The number of rotatable bonds is 2. The summed E-state index contributed by atoms with van der Waals surface area (Å²) in [5, 5.41) is 14.1. The quantitative estimate of drug-likeness (QED) is 0.918. The molecule has 1 aliphatic carbocycles. The van der Waals surface area contributed by atoms with Gasteiger partial charge in [0.25, 0.3) is 5.91 Å². The smallest absolute Gasteiger partial charge is 0.274 e. The van der Waals surface area contributed by atoms with Crippen molar-refractivity contribution in [2.75, 3.05) is 13.1 Å². The van der Waals surface area contributed by atoms with E-state index in [0.717, 1.165) is 30.5 Å². The number of para-hydroxylation sites is 1. The van der Waals surface area contributed by atoms with Crippen molar-refractivity contribution in [2.24, 2.45) is 0 Å². The van der Waals surface area contributed by atoms with Gasteiger partial charge in [-0.05, 0) is 44.2 Å². The molecule has 2 heterocycles. The molecule has 0 saturated carbocycles. The number of aromatic nitrogens is 2. The van der Waals surface area contributed by atoms with E-state index in [1.165, 1.54) is 6.07 Å². The first kappa shape index (κ1) is 15.3. The lowest BCUT2D eigenvalue weighted by Gasteiger charge is -2.29. The predicted molar refractivity (Wildman–Crippen MR) is 86.7 cm³/mol. The number of halogens is 1. The maximum atomic E-state index is 14.2. The first-order chi connectivity index (χ1) is 11.6. The summed E-state index contributed by atoms with van der Waals surface area (Å²) in [6, 6.07) is 6.51. The minimum Gasteiger partial charge on any atom is -0.393 e. The third-order valence-electron chi connectivity index (χ3n) is 4.97. The fraction of sp³-hybridized carbons (Fsp3) is 0.444. The summed E-state index contributed by atoms with van der Waals surface area (Å²) in [5.41, 5.74) is 2.74. The highest BCUT2D eigenvalue weighted by molar-refractivity contribution is 5.94. The minimum absolute atomic E-state index is 0.102. The Morgan fingerprint density at radius 1 is 1.21 bits per heavy atom. The van der Waals surface area contributed by atoms with E-state index < -0.39 is 0 Å². The second-order valence-corrected chi connectivity index (χ2v) is 6.51. The second-order valence-electron chi connectivity index (χ2n) is 6.51. The van der Waals surface area contributed by atoms with Crippen LogP contribution >= 0.6 is 0 Å². The van der Waals surface area contributed by atoms with Gasteiger partial charge in [0.2, 0.25) is 0 Å². The Hall–Kier alpha value is -2.21. The molecule has 1 aromatic heterocycles. The van der Waals surface area contributed by atoms with E-state index in [1.807, 2.05) is 0 Å². The average molecular weight is 329 g/mol. The summed E-state index contributed by atoms with van der Waals surface area (Å²) in [4.78, 5) is 14.6. The van der Waals surface area contributed by atoms with Gasteiger partial charge in [-0.2, -0.15) is 5.10 Å². The molecule has 1 aliphatic heterocycles. The Balaban J connectivity index is 1.71. The van der Waals surface area contributed by atoms with Crippen LogP contribution in [0.2, 0.25) is 0 Å². The van der Waals surface area contributed by atoms with Crippen LogP contribution in [0.25, 0.3) is 5.69 Å². The SMILES string of the molecule is O=C(c1nn(-c2ccccc2F)c2c1CCC2)N1CCC(O)CC1. The number of carbonyl (C=O) groups is 1. The predicted octanol–water partition coefficient (Wildman–Crippen LogP) is 2.10. The van der Waals surface area contributed by atoms with Crippen LogP contribution in [0, 0.1) is 5.82 Å². The van der Waals surface area contributed by atoms with Gasteiger partial charge >= 0.3 is 0 Å². The van der Waals surface area contributed by atoms with Crippen LogP contribution in [0.1, 0.15) is 41.0 Å². The summed E-state index contributed by atoms with van der Waals surface area (Å²) >= 11 is 0. The first-order valence-corrected chi connectivity index (χ1v) is 8.48. The molecular weight excluding hydrogens is 309 g/mol. The first-order valence-electron chi connectivity index (χ1n) is 8.48. The van der Waals surface area contributed by atoms with Gasteiger partial charge in [0, 0.05) is 24.3 Å². The summed E-state index contributed by atoms with van der Waals surface area (Å²) in [7, 11) is 0. The highest BCUT2D eigenvalue weighted by Crippen LogP contribution is 2.29. The van der Waals surface area contributed by atoms with Crippen LogP contribution in [-0.4, -0.2) is 44.9 Å². The standard InChI is InChI=1S/C18H20FN3O2/c19-14-5-1-2-6-16(14)22-15-7-3-4-13(15)17(20-22)18(24)21-10-8-12(23)9-11-21/h1-2,5-6,12,23H,3-4,7-11H2. The number of benzene rings is 1. The lowest BCUT2D eigenvalue weighted by Crippen LogP contribution is -2.40. The van der Waals surface area contributed by atoms with Gasteiger partial charge < -0.3 is 10.0 Å².